The summed E-state index contributed by atoms with van der Waals surface area (Å²) in [5.74, 6) is 0.538. The number of carbonyl (C=O) groups is 2. The number of benzene rings is 3. The van der Waals surface area contributed by atoms with Gasteiger partial charge in [0.25, 0.3) is 16.8 Å². The zero-order valence-corrected chi connectivity index (χ0v) is 19.9. The fourth-order valence-corrected chi connectivity index (χ4v) is 4.36. The maximum atomic E-state index is 12.9. The number of aryl methyl sites for hydroxylation is 1. The van der Waals surface area contributed by atoms with E-state index in [9.17, 15) is 19.7 Å². The van der Waals surface area contributed by atoms with Crippen molar-refractivity contribution in [2.45, 2.75) is 20.1 Å². The van der Waals surface area contributed by atoms with E-state index in [1.807, 2.05) is 31.2 Å². The van der Waals surface area contributed by atoms with Crippen LogP contribution in [0.1, 0.15) is 22.3 Å². The lowest BCUT2D eigenvalue weighted by atomic mass is 10.1. The molecule has 2 amide bonds. The Morgan fingerprint density at radius 1 is 1.03 bits per heavy atom. The Balaban J connectivity index is 1.50. The van der Waals surface area contributed by atoms with E-state index < -0.39 is 16.1 Å². The molecule has 3 aromatic rings. The smallest absolute Gasteiger partial charge is 0.293 e. The fourth-order valence-electron chi connectivity index (χ4n) is 3.52. The van der Waals surface area contributed by atoms with E-state index in [-0.39, 0.29) is 22.7 Å². The topological polar surface area (TPSA) is 99.0 Å². The first-order chi connectivity index (χ1) is 16.9. The summed E-state index contributed by atoms with van der Waals surface area (Å²) in [5.41, 5.74) is 3.00. The predicted octanol–water partition coefficient (Wildman–Crippen LogP) is 5.73. The first-order valence-electron chi connectivity index (χ1n) is 10.7. The molecule has 3 aromatic carbocycles. The number of carbonyl (C=O) groups excluding carboxylic acids is 2. The molecule has 4 rings (SSSR count). The molecule has 178 valence electrons. The average molecular weight is 491 g/mol. The van der Waals surface area contributed by atoms with Gasteiger partial charge in [0.15, 0.2) is 11.5 Å². The first-order valence-corrected chi connectivity index (χ1v) is 11.5. The molecule has 35 heavy (non-hydrogen) atoms. The van der Waals surface area contributed by atoms with E-state index in [1.54, 1.807) is 30.3 Å². The maximum Gasteiger partial charge on any atom is 0.293 e. The van der Waals surface area contributed by atoms with Crippen LogP contribution in [0.15, 0.2) is 71.6 Å². The molecule has 8 nitrogen and oxygen atoms in total. The highest BCUT2D eigenvalue weighted by Gasteiger charge is 2.36. The molecule has 0 saturated carbocycles. The Bertz CT molecular complexity index is 1320. The van der Waals surface area contributed by atoms with Crippen LogP contribution in [0, 0.1) is 17.0 Å². The summed E-state index contributed by atoms with van der Waals surface area (Å²) in [5, 5.41) is 10.8. The second-order valence-corrected chi connectivity index (χ2v) is 8.83. The third-order valence-electron chi connectivity index (χ3n) is 5.39. The summed E-state index contributed by atoms with van der Waals surface area (Å²) in [4.78, 5) is 37.4. The third-order valence-corrected chi connectivity index (χ3v) is 6.30. The Hall–Kier alpha value is -4.11. The van der Waals surface area contributed by atoms with Crippen molar-refractivity contribution in [1.29, 1.82) is 0 Å². The maximum absolute atomic E-state index is 12.9. The molecule has 1 heterocycles. The number of para-hydroxylation sites is 1. The number of rotatable bonds is 8. The van der Waals surface area contributed by atoms with Crippen LogP contribution < -0.4 is 9.47 Å². The van der Waals surface area contributed by atoms with E-state index >= 15 is 0 Å². The van der Waals surface area contributed by atoms with Crippen LogP contribution in [0.4, 0.5) is 10.5 Å². The minimum Gasteiger partial charge on any atom is -0.493 e. The van der Waals surface area contributed by atoms with Gasteiger partial charge in [-0.2, -0.15) is 0 Å². The van der Waals surface area contributed by atoms with E-state index in [0.717, 1.165) is 22.2 Å². The first kappa shape index (κ1) is 24.0. The fraction of sp³-hybridized carbons (Fsp3) is 0.154. The van der Waals surface area contributed by atoms with E-state index in [2.05, 4.69) is 0 Å². The Kier molecular flexibility index (Phi) is 7.17. The van der Waals surface area contributed by atoms with Gasteiger partial charge >= 0.3 is 0 Å². The van der Waals surface area contributed by atoms with Gasteiger partial charge < -0.3 is 9.47 Å². The number of hydrogen-bond acceptors (Lipinski definition) is 7. The van der Waals surface area contributed by atoms with Crippen LogP contribution >= 0.6 is 11.8 Å². The monoisotopic (exact) mass is 490 g/mol. The molecule has 0 unspecified atom stereocenters. The number of hydrogen-bond donors (Lipinski definition) is 0. The van der Waals surface area contributed by atoms with Crippen molar-refractivity contribution in [3.8, 4) is 11.5 Å². The van der Waals surface area contributed by atoms with Crippen molar-refractivity contribution >= 4 is 34.7 Å². The van der Waals surface area contributed by atoms with E-state index in [1.165, 1.54) is 30.9 Å². The van der Waals surface area contributed by atoms with E-state index in [0.29, 0.717) is 23.7 Å². The van der Waals surface area contributed by atoms with Gasteiger partial charge in [-0.3, -0.25) is 24.6 Å². The summed E-state index contributed by atoms with van der Waals surface area (Å²) in [7, 11) is 1.53. The van der Waals surface area contributed by atoms with Crippen LogP contribution in [0.5, 0.6) is 11.5 Å². The lowest BCUT2D eigenvalue weighted by Gasteiger charge is -2.13. The molecule has 1 aliphatic heterocycles. The number of thioether (sulfide) groups is 1. The summed E-state index contributed by atoms with van der Waals surface area (Å²) in [6.07, 6.45) is 1.59. The lowest BCUT2D eigenvalue weighted by Crippen LogP contribution is -2.27. The molecule has 0 radical (unpaired) electrons. The van der Waals surface area contributed by atoms with Crippen LogP contribution in [0.2, 0.25) is 0 Å². The number of nitro groups is 1. The molecule has 0 spiro atoms. The number of amides is 2. The van der Waals surface area contributed by atoms with E-state index in [4.69, 9.17) is 9.47 Å². The highest BCUT2D eigenvalue weighted by molar-refractivity contribution is 8.18. The van der Waals surface area contributed by atoms with Crippen molar-refractivity contribution in [2.75, 3.05) is 7.11 Å². The molecule has 1 fully saturated rings. The molecule has 0 bridgehead atoms. The number of imide groups is 1. The predicted molar refractivity (Wildman–Crippen MR) is 133 cm³/mol. The average Bonchev–Trinajstić information content (AvgIpc) is 3.11. The SMILES string of the molecule is COc1cc(/C=C2/SC(=O)N(Cc3ccccc3[N+](=O)[O-])C2=O)ccc1OCc1ccc(C)cc1. The molecule has 0 N–H and O–H groups in total. The van der Waals surface area contributed by atoms with Crippen molar-refractivity contribution in [3.63, 3.8) is 0 Å². The molecule has 0 atom stereocenters. The van der Waals surface area contributed by atoms with Gasteiger partial charge in [0.1, 0.15) is 6.61 Å². The summed E-state index contributed by atoms with van der Waals surface area (Å²) in [6.45, 7) is 2.22. The summed E-state index contributed by atoms with van der Waals surface area (Å²) >= 11 is 0.793. The van der Waals surface area contributed by atoms with Crippen molar-refractivity contribution in [3.05, 3.63) is 104 Å². The van der Waals surface area contributed by atoms with Crippen LogP contribution in [-0.2, 0) is 17.9 Å². The van der Waals surface area contributed by atoms with Gasteiger partial charge in [-0.05, 0) is 48.0 Å². The van der Waals surface area contributed by atoms with Gasteiger partial charge in [0, 0.05) is 11.6 Å². The zero-order chi connectivity index (χ0) is 24.9. The molecular formula is C26H22N2O6S. The second-order valence-electron chi connectivity index (χ2n) is 7.84. The summed E-state index contributed by atoms with van der Waals surface area (Å²) in [6, 6.07) is 19.3. The lowest BCUT2D eigenvalue weighted by molar-refractivity contribution is -0.385. The third kappa shape index (κ3) is 5.52. The van der Waals surface area contributed by atoms with Crippen LogP contribution in [0.25, 0.3) is 6.08 Å². The largest absolute Gasteiger partial charge is 0.493 e. The number of ether oxygens (including phenoxy) is 2. The number of nitro benzene ring substituents is 1. The van der Waals surface area contributed by atoms with Gasteiger partial charge in [0.2, 0.25) is 0 Å². The van der Waals surface area contributed by atoms with Gasteiger partial charge in [-0.25, -0.2) is 0 Å². The molecule has 0 aliphatic carbocycles. The zero-order valence-electron chi connectivity index (χ0n) is 19.1. The molecule has 1 aliphatic rings. The highest BCUT2D eigenvalue weighted by atomic mass is 32.2. The molecule has 0 aromatic heterocycles. The molecule has 1 saturated heterocycles. The minimum absolute atomic E-state index is 0.138. The normalized spacial score (nSPS) is 14.5. The Labute approximate surface area is 206 Å². The van der Waals surface area contributed by atoms with Gasteiger partial charge in [-0.1, -0.05) is 54.1 Å². The van der Waals surface area contributed by atoms with Gasteiger partial charge in [0.05, 0.1) is 23.5 Å². The Morgan fingerprint density at radius 2 is 1.77 bits per heavy atom. The summed E-state index contributed by atoms with van der Waals surface area (Å²) < 4.78 is 11.4. The quantitative estimate of drug-likeness (QED) is 0.226. The Morgan fingerprint density at radius 3 is 2.49 bits per heavy atom. The number of nitrogens with zero attached hydrogens (tertiary/aromatic N) is 2. The minimum atomic E-state index is -0.529. The van der Waals surface area contributed by atoms with Crippen molar-refractivity contribution in [2.24, 2.45) is 0 Å². The highest BCUT2D eigenvalue weighted by Crippen LogP contribution is 2.36. The number of methoxy groups -OCH3 is 1. The van der Waals surface area contributed by atoms with Crippen LogP contribution in [-0.4, -0.2) is 28.1 Å². The standard InChI is InChI=1S/C26H22N2O6S/c1-17-7-9-18(10-8-17)16-34-22-12-11-19(13-23(22)33-2)14-24-25(29)27(26(30)35-24)15-20-5-3-4-6-21(20)28(31)32/h3-14H,15-16H2,1-2H3/b24-14+. The van der Waals surface area contributed by atoms with Gasteiger partial charge in [-0.15, -0.1) is 0 Å². The second kappa shape index (κ2) is 10.4. The molecule has 9 heteroatoms. The molecular weight excluding hydrogens is 468 g/mol. The van der Waals surface area contributed by atoms with Crippen LogP contribution in [0.3, 0.4) is 0 Å². The van der Waals surface area contributed by atoms with Crippen molar-refractivity contribution < 1.29 is 24.0 Å². The van der Waals surface area contributed by atoms with Crippen molar-refractivity contribution in [1.82, 2.24) is 4.90 Å².